The van der Waals surface area contributed by atoms with Crippen molar-refractivity contribution in [1.29, 1.82) is 0 Å². The Bertz CT molecular complexity index is 4500. The van der Waals surface area contributed by atoms with Crippen LogP contribution in [0.2, 0.25) is 0 Å². The maximum atomic E-state index is 4.70. The molecule has 14 aromatic rings. The molecule has 1 radical (unpaired) electrons. The summed E-state index contributed by atoms with van der Waals surface area (Å²) >= 11 is 0. The Morgan fingerprint density at radius 1 is 0.375 bits per heavy atom. The van der Waals surface area contributed by atoms with Gasteiger partial charge in [-0.05, 0) is 107 Å². The summed E-state index contributed by atoms with van der Waals surface area (Å²) in [6.07, 6.45) is 8.04. The minimum Gasteiger partial charge on any atom is -0.347 e. The first-order valence-electron chi connectivity index (χ1n) is 28.5. The Hall–Kier alpha value is -10.3. The normalized spacial score (nSPS) is 12.4. The fourth-order valence-electron chi connectivity index (χ4n) is 9.49. The molecule has 0 saturated heterocycles. The predicted molar refractivity (Wildman–Crippen MR) is 342 cm³/mol. The van der Waals surface area contributed by atoms with Gasteiger partial charge >= 0.3 is 0 Å². The van der Waals surface area contributed by atoms with Crippen LogP contribution in [0.25, 0.3) is 43.6 Å². The summed E-state index contributed by atoms with van der Waals surface area (Å²) in [7, 11) is 0. The molecule has 2 fully saturated rings. The second kappa shape index (κ2) is 26.9. The quantitative estimate of drug-likeness (QED) is 0.0453. The van der Waals surface area contributed by atoms with Crippen LogP contribution in [-0.2, 0) is 0 Å². The fraction of sp³-hybridized carbons (Fsp3) is 0.138. The van der Waals surface area contributed by atoms with Crippen molar-refractivity contribution in [2.75, 3.05) is 31.9 Å². The largest absolute Gasteiger partial charge is 0.347 e. The van der Waals surface area contributed by atoms with Crippen molar-refractivity contribution >= 4 is 113 Å². The Kier molecular flexibility index (Phi) is 17.8. The van der Waals surface area contributed by atoms with Gasteiger partial charge in [0.05, 0.1) is 22.1 Å². The van der Waals surface area contributed by atoms with E-state index < -0.39 is 0 Å². The Balaban J connectivity index is 0.000000116. The molecule has 0 aliphatic heterocycles. The maximum Gasteiger partial charge on any atom is 0.229 e. The van der Waals surface area contributed by atoms with E-state index >= 15 is 0 Å². The van der Waals surface area contributed by atoms with Gasteiger partial charge in [-0.15, -0.1) is 12.1 Å². The summed E-state index contributed by atoms with van der Waals surface area (Å²) in [5.74, 6) is 8.42. The van der Waals surface area contributed by atoms with Crippen LogP contribution in [0.1, 0.15) is 65.9 Å². The van der Waals surface area contributed by atoms with E-state index in [9.17, 15) is 0 Å². The molecule has 0 unspecified atom stereocenters. The molecule has 6 aromatic carbocycles. The summed E-state index contributed by atoms with van der Waals surface area (Å²) < 4.78 is 0. The van der Waals surface area contributed by atoms with Gasteiger partial charge in [-0.1, -0.05) is 71.9 Å². The molecule has 0 amide bonds. The number of nitrogens with zero attached hydrogens (tertiary/aromatic N) is 12. The summed E-state index contributed by atoms with van der Waals surface area (Å²) in [4.78, 5) is 35.5. The molecule has 8 aromatic heterocycles. The minimum absolute atomic E-state index is 0. The van der Waals surface area contributed by atoms with Crippen LogP contribution >= 0.6 is 0 Å². The smallest absolute Gasteiger partial charge is 0.229 e. The molecule has 22 nitrogen and oxygen atoms in total. The summed E-state index contributed by atoms with van der Waals surface area (Å²) in [6, 6.07) is 58.4. The molecule has 2 aliphatic rings. The number of aryl methyl sites for hydroxylation is 3. The molecule has 10 N–H and O–H groups in total. The topological polar surface area (TPSA) is 290 Å². The molecule has 0 atom stereocenters. The van der Waals surface area contributed by atoms with Crippen LogP contribution in [0.15, 0.2) is 183 Å². The number of rotatable bonds is 14. The van der Waals surface area contributed by atoms with Gasteiger partial charge in [-0.25, -0.2) is 29.9 Å². The number of fused-ring (bicyclic) bond motifs is 4. The van der Waals surface area contributed by atoms with E-state index in [1.807, 2.05) is 159 Å². The molecule has 88 heavy (non-hydrogen) atoms. The Labute approximate surface area is 538 Å². The summed E-state index contributed by atoms with van der Waals surface area (Å²) in [5, 5.41) is 52.5. The molecular weight excluding hydrogens is 1230 g/mol. The third-order valence-electron chi connectivity index (χ3n) is 14.2. The van der Waals surface area contributed by atoms with Crippen molar-refractivity contribution in [3.05, 3.63) is 217 Å². The van der Waals surface area contributed by atoms with Crippen LogP contribution in [0.3, 0.4) is 0 Å². The van der Waals surface area contributed by atoms with E-state index in [1.165, 1.54) is 42.6 Å². The van der Waals surface area contributed by atoms with Gasteiger partial charge in [-0.3, -0.25) is 20.4 Å². The van der Waals surface area contributed by atoms with Crippen molar-refractivity contribution in [2.24, 2.45) is 0 Å². The fourth-order valence-corrected chi connectivity index (χ4v) is 9.49. The van der Waals surface area contributed by atoms with Crippen LogP contribution in [0.5, 0.6) is 0 Å². The van der Waals surface area contributed by atoms with Gasteiger partial charge in [0.2, 0.25) is 11.9 Å². The Morgan fingerprint density at radius 3 is 1.17 bits per heavy atom. The van der Waals surface area contributed by atoms with E-state index in [1.54, 1.807) is 12.7 Å². The monoisotopic (exact) mass is 1290 g/mol. The van der Waals surface area contributed by atoms with Crippen LogP contribution in [-0.4, -0.2) is 80.7 Å². The zero-order valence-electron chi connectivity index (χ0n) is 48.2. The summed E-state index contributed by atoms with van der Waals surface area (Å²) in [6.45, 7) is 5.98. The van der Waals surface area contributed by atoms with Crippen molar-refractivity contribution in [3.63, 3.8) is 0 Å². The molecule has 0 bridgehead atoms. The predicted octanol–water partition coefficient (Wildman–Crippen LogP) is 14.4. The van der Waals surface area contributed by atoms with Crippen LogP contribution < -0.4 is 31.9 Å². The van der Waals surface area contributed by atoms with E-state index in [-0.39, 0.29) is 41.3 Å². The molecule has 0 spiro atoms. The van der Waals surface area contributed by atoms with Gasteiger partial charge in [0.15, 0.2) is 23.3 Å². The number of hydrogen-bond acceptors (Lipinski definition) is 18. The standard InChI is InChI=1S/C21H20N6.C20H17N6.2C12H11N5.Pr/c1-13-6-10-15(11-7-13)22-21-23-17-5-3-2-4-16(17)20(25-21)24-19-12-18(26-27-19)14-8-9-14;1-2-6-14(7-3-1)21-20-22-16-9-5-4-8-15(16)19(24-20)23-18-12-17(25-26-18)13-10-11-13;2*1-8-6-11(17-16-8)15-12-9-4-2-3-5-10(9)13-7-14-12;/h2-7,10-12,14H,8-9H2,1H3,(H3,22,23,24,25,26,27);2-9,12-13H,10-11H2,(H3,21,22,23,24,25,26);2*2-7H,1H3,(H2,13,14,15,16,17);/q;-1;;;. The Morgan fingerprint density at radius 2 is 0.750 bits per heavy atom. The number of aromatic nitrogens is 16. The second-order valence-electron chi connectivity index (χ2n) is 21.0. The van der Waals surface area contributed by atoms with Crippen LogP contribution in [0.4, 0.5) is 69.8 Å². The third kappa shape index (κ3) is 14.7. The van der Waals surface area contributed by atoms with E-state index in [4.69, 9.17) is 4.98 Å². The first-order valence-corrected chi connectivity index (χ1v) is 28.5. The van der Waals surface area contributed by atoms with Gasteiger partial charge in [0.1, 0.15) is 35.9 Å². The number of anilines is 12. The average molecular weight is 1290 g/mol. The second-order valence-corrected chi connectivity index (χ2v) is 21.0. The molecule has 8 heterocycles. The number of nitrogens with one attached hydrogen (secondary N) is 10. The molecule has 2 aliphatic carbocycles. The van der Waals surface area contributed by atoms with E-state index in [0.717, 1.165) is 113 Å². The zero-order chi connectivity index (χ0) is 58.9. The molecular formula is C65H59N22Pr-. The van der Waals surface area contributed by atoms with Crippen LogP contribution in [0, 0.1) is 68.1 Å². The zero-order valence-corrected chi connectivity index (χ0v) is 52.0. The first kappa shape index (κ1) is 58.1. The third-order valence-corrected chi connectivity index (χ3v) is 14.2. The number of aromatic amines is 4. The van der Waals surface area contributed by atoms with E-state index in [2.05, 4.69) is 145 Å². The SMILES string of the molecule is Cc1cc(Nc2ncnc3ccccc23)n[nH]1.Cc1cc(Nc2ncnc3ccccc23)n[nH]1.Cc1ccc(Nc2nc(Nc3cc(C4CC4)[nH]n3)c3ccccc3n2)cc1.[Pr].[c-]1ccc(Nc2nc(Nc3cc(C4CC4)[nH]n3)c3ccccc3n2)cc1. The number of H-pyrrole nitrogens is 4. The van der Waals surface area contributed by atoms with Crippen molar-refractivity contribution < 1.29 is 41.3 Å². The molecule has 23 heteroatoms. The van der Waals surface area contributed by atoms with Gasteiger partial charge in [0.25, 0.3) is 0 Å². The minimum atomic E-state index is 0. The van der Waals surface area contributed by atoms with E-state index in [0.29, 0.717) is 23.7 Å². The molecule has 16 rings (SSSR count). The first-order chi connectivity index (χ1) is 42.7. The van der Waals surface area contributed by atoms with Crippen molar-refractivity contribution in [2.45, 2.75) is 58.3 Å². The number of para-hydroxylation sites is 4. The maximum absolute atomic E-state index is 4.70. The van der Waals surface area contributed by atoms with Gasteiger partial charge in [-0.2, -0.15) is 48.6 Å². The number of hydrogen-bond donors (Lipinski definition) is 10. The number of benzene rings is 6. The average Bonchev–Trinajstić information content (AvgIpc) is 4.59. The van der Waals surface area contributed by atoms with Gasteiger partial charge in [0, 0.05) is 127 Å². The van der Waals surface area contributed by atoms with Crippen molar-refractivity contribution in [3.8, 4) is 0 Å². The molecule has 2 saturated carbocycles. The molecule has 433 valence electrons. The van der Waals surface area contributed by atoms with Gasteiger partial charge < -0.3 is 31.9 Å². The summed E-state index contributed by atoms with van der Waals surface area (Å²) in [5.41, 5.74) is 11.0. The van der Waals surface area contributed by atoms with Crippen molar-refractivity contribution in [1.82, 2.24) is 80.7 Å².